The SMILES string of the molecule is Cc1nc(CC(=O)NCC(C)(C)C(=O)O)cs1. The van der Waals surface area contributed by atoms with E-state index in [1.54, 1.807) is 13.8 Å². The summed E-state index contributed by atoms with van der Waals surface area (Å²) in [6.07, 6.45) is 0.194. The zero-order valence-corrected chi connectivity index (χ0v) is 10.9. The van der Waals surface area contributed by atoms with Gasteiger partial charge in [0, 0.05) is 11.9 Å². The molecule has 1 heterocycles. The first-order valence-corrected chi connectivity index (χ1v) is 6.10. The van der Waals surface area contributed by atoms with Crippen LogP contribution in [0.25, 0.3) is 0 Å². The molecule has 0 saturated carbocycles. The van der Waals surface area contributed by atoms with Crippen LogP contribution in [-0.4, -0.2) is 28.5 Å². The van der Waals surface area contributed by atoms with E-state index in [4.69, 9.17) is 5.11 Å². The summed E-state index contributed by atoms with van der Waals surface area (Å²) in [5, 5.41) is 14.2. The predicted molar refractivity (Wildman–Crippen MR) is 65.0 cm³/mol. The van der Waals surface area contributed by atoms with Crippen molar-refractivity contribution in [2.45, 2.75) is 27.2 Å². The Kier molecular flexibility index (Phi) is 4.22. The summed E-state index contributed by atoms with van der Waals surface area (Å²) in [5.74, 6) is -1.13. The second kappa shape index (κ2) is 5.27. The van der Waals surface area contributed by atoms with Gasteiger partial charge in [0.25, 0.3) is 0 Å². The molecule has 0 aliphatic rings. The monoisotopic (exact) mass is 256 g/mol. The highest BCUT2D eigenvalue weighted by Crippen LogP contribution is 2.13. The molecule has 6 heteroatoms. The fourth-order valence-corrected chi connectivity index (χ4v) is 1.72. The fourth-order valence-electron chi connectivity index (χ4n) is 1.11. The normalized spacial score (nSPS) is 11.2. The van der Waals surface area contributed by atoms with Crippen LogP contribution in [0, 0.1) is 12.3 Å². The van der Waals surface area contributed by atoms with Gasteiger partial charge in [0.15, 0.2) is 0 Å². The van der Waals surface area contributed by atoms with E-state index in [-0.39, 0.29) is 18.9 Å². The first-order chi connectivity index (χ1) is 7.81. The Hall–Kier alpha value is -1.43. The van der Waals surface area contributed by atoms with E-state index in [0.29, 0.717) is 0 Å². The Morgan fingerprint density at radius 3 is 2.65 bits per heavy atom. The molecule has 17 heavy (non-hydrogen) atoms. The lowest BCUT2D eigenvalue weighted by Crippen LogP contribution is -2.39. The fraction of sp³-hybridized carbons (Fsp3) is 0.545. The second-order valence-electron chi connectivity index (χ2n) is 4.50. The number of aromatic nitrogens is 1. The molecule has 0 aliphatic heterocycles. The molecule has 0 aliphatic carbocycles. The van der Waals surface area contributed by atoms with E-state index < -0.39 is 11.4 Å². The van der Waals surface area contributed by atoms with Crippen LogP contribution in [-0.2, 0) is 16.0 Å². The van der Waals surface area contributed by atoms with Gasteiger partial charge in [0.05, 0.1) is 22.5 Å². The van der Waals surface area contributed by atoms with Crippen LogP contribution >= 0.6 is 11.3 Å². The smallest absolute Gasteiger partial charge is 0.310 e. The van der Waals surface area contributed by atoms with E-state index in [0.717, 1.165) is 10.7 Å². The molecule has 2 N–H and O–H groups in total. The quantitative estimate of drug-likeness (QED) is 0.830. The van der Waals surface area contributed by atoms with Gasteiger partial charge in [0.2, 0.25) is 5.91 Å². The molecule has 0 unspecified atom stereocenters. The highest BCUT2D eigenvalue weighted by molar-refractivity contribution is 7.09. The van der Waals surface area contributed by atoms with Gasteiger partial charge in [-0.15, -0.1) is 11.3 Å². The number of thiazole rings is 1. The molecule has 0 aromatic carbocycles. The highest BCUT2D eigenvalue weighted by Gasteiger charge is 2.27. The van der Waals surface area contributed by atoms with Crippen LogP contribution in [0.1, 0.15) is 24.5 Å². The average molecular weight is 256 g/mol. The third-order valence-corrected chi connectivity index (χ3v) is 3.14. The number of amides is 1. The predicted octanol–water partition coefficient (Wildman–Crippen LogP) is 1.22. The van der Waals surface area contributed by atoms with E-state index in [1.165, 1.54) is 11.3 Å². The summed E-state index contributed by atoms with van der Waals surface area (Å²) in [4.78, 5) is 26.6. The van der Waals surface area contributed by atoms with Crippen molar-refractivity contribution in [1.82, 2.24) is 10.3 Å². The molecule has 0 saturated heterocycles. The number of hydrogen-bond donors (Lipinski definition) is 2. The molecular weight excluding hydrogens is 240 g/mol. The number of carboxylic acids is 1. The van der Waals surface area contributed by atoms with E-state index in [2.05, 4.69) is 10.3 Å². The lowest BCUT2D eigenvalue weighted by atomic mass is 9.94. The minimum Gasteiger partial charge on any atom is -0.481 e. The molecule has 5 nitrogen and oxygen atoms in total. The maximum absolute atomic E-state index is 11.6. The molecule has 1 rings (SSSR count). The van der Waals surface area contributed by atoms with Crippen molar-refractivity contribution in [2.24, 2.45) is 5.41 Å². The number of carboxylic acid groups (broad SMARTS) is 1. The first kappa shape index (κ1) is 13.6. The minimum atomic E-state index is -0.951. The Balaban J connectivity index is 2.43. The number of aliphatic carboxylic acids is 1. The topological polar surface area (TPSA) is 79.3 Å². The first-order valence-electron chi connectivity index (χ1n) is 5.22. The number of hydrogen-bond acceptors (Lipinski definition) is 4. The van der Waals surface area contributed by atoms with Gasteiger partial charge in [-0.25, -0.2) is 4.98 Å². The lowest BCUT2D eigenvalue weighted by molar-refractivity contribution is -0.146. The van der Waals surface area contributed by atoms with Crippen molar-refractivity contribution in [3.8, 4) is 0 Å². The maximum atomic E-state index is 11.6. The van der Waals surface area contributed by atoms with Crippen LogP contribution in [0.5, 0.6) is 0 Å². The summed E-state index contributed by atoms with van der Waals surface area (Å²) >= 11 is 1.49. The molecule has 0 fully saturated rings. The Morgan fingerprint density at radius 1 is 1.53 bits per heavy atom. The minimum absolute atomic E-state index is 0.115. The van der Waals surface area contributed by atoms with E-state index >= 15 is 0 Å². The summed E-state index contributed by atoms with van der Waals surface area (Å²) in [6, 6.07) is 0. The van der Waals surface area contributed by atoms with Crippen molar-refractivity contribution in [2.75, 3.05) is 6.54 Å². The Bertz CT molecular complexity index is 426. The van der Waals surface area contributed by atoms with Crippen LogP contribution in [0.2, 0.25) is 0 Å². The zero-order chi connectivity index (χ0) is 13.1. The molecule has 0 radical (unpaired) electrons. The number of carbonyl (C=O) groups is 2. The average Bonchev–Trinajstić information content (AvgIpc) is 2.61. The molecule has 0 bridgehead atoms. The molecule has 1 aromatic heterocycles. The largest absolute Gasteiger partial charge is 0.481 e. The van der Waals surface area contributed by atoms with E-state index in [1.807, 2.05) is 12.3 Å². The molecule has 94 valence electrons. The van der Waals surface area contributed by atoms with Crippen molar-refractivity contribution in [3.05, 3.63) is 16.1 Å². The van der Waals surface area contributed by atoms with Crippen LogP contribution < -0.4 is 5.32 Å². The molecule has 1 amide bonds. The van der Waals surface area contributed by atoms with Gasteiger partial charge in [-0.05, 0) is 20.8 Å². The van der Waals surface area contributed by atoms with Gasteiger partial charge >= 0.3 is 5.97 Å². The van der Waals surface area contributed by atoms with E-state index in [9.17, 15) is 9.59 Å². The van der Waals surface area contributed by atoms with Crippen molar-refractivity contribution < 1.29 is 14.7 Å². The molecule has 1 aromatic rings. The summed E-state index contributed by atoms with van der Waals surface area (Å²) in [5.41, 5.74) is -0.230. The summed E-state index contributed by atoms with van der Waals surface area (Å²) < 4.78 is 0. The second-order valence-corrected chi connectivity index (χ2v) is 5.56. The number of rotatable bonds is 5. The Morgan fingerprint density at radius 2 is 2.18 bits per heavy atom. The van der Waals surface area contributed by atoms with Crippen LogP contribution in [0.3, 0.4) is 0 Å². The third kappa shape index (κ3) is 4.14. The lowest BCUT2D eigenvalue weighted by Gasteiger charge is -2.19. The van der Waals surface area contributed by atoms with Gasteiger partial charge in [0.1, 0.15) is 0 Å². The van der Waals surface area contributed by atoms with Crippen LogP contribution in [0.4, 0.5) is 0 Å². The molecule has 0 atom stereocenters. The zero-order valence-electron chi connectivity index (χ0n) is 10.1. The van der Waals surface area contributed by atoms with Gasteiger partial charge in [-0.3, -0.25) is 9.59 Å². The van der Waals surface area contributed by atoms with Crippen molar-refractivity contribution in [1.29, 1.82) is 0 Å². The van der Waals surface area contributed by atoms with Crippen molar-refractivity contribution >= 4 is 23.2 Å². The number of carbonyl (C=O) groups excluding carboxylic acids is 1. The van der Waals surface area contributed by atoms with Gasteiger partial charge in [-0.2, -0.15) is 0 Å². The molecule has 0 spiro atoms. The number of aryl methyl sites for hydroxylation is 1. The number of nitrogens with one attached hydrogen (secondary N) is 1. The van der Waals surface area contributed by atoms with Gasteiger partial charge in [-0.1, -0.05) is 0 Å². The van der Waals surface area contributed by atoms with Gasteiger partial charge < -0.3 is 10.4 Å². The maximum Gasteiger partial charge on any atom is 0.310 e. The molecular formula is C11H16N2O3S. The van der Waals surface area contributed by atoms with Crippen molar-refractivity contribution in [3.63, 3.8) is 0 Å². The number of nitrogens with zero attached hydrogens (tertiary/aromatic N) is 1. The van der Waals surface area contributed by atoms with Crippen LogP contribution in [0.15, 0.2) is 5.38 Å². The third-order valence-electron chi connectivity index (χ3n) is 2.31. The highest BCUT2D eigenvalue weighted by atomic mass is 32.1. The summed E-state index contributed by atoms with van der Waals surface area (Å²) in [6.45, 7) is 5.13. The Labute approximate surface area is 104 Å². The summed E-state index contributed by atoms with van der Waals surface area (Å²) in [7, 11) is 0. The standard InChI is InChI=1S/C11H16N2O3S/c1-7-13-8(5-17-7)4-9(14)12-6-11(2,3)10(15)16/h5H,4,6H2,1-3H3,(H,12,14)(H,15,16).